The van der Waals surface area contributed by atoms with E-state index in [2.05, 4.69) is 25.4 Å². The third kappa shape index (κ3) is 3.78. The van der Waals surface area contributed by atoms with Crippen LogP contribution in [0, 0.1) is 0 Å². The average molecular weight is 440 g/mol. The average Bonchev–Trinajstić information content (AvgIpc) is 2.60. The molecule has 0 fully saturated rings. The first-order chi connectivity index (χ1) is 12.1. The molecule has 1 N–H and O–H groups in total. The summed E-state index contributed by atoms with van der Waals surface area (Å²) in [7, 11) is 2.11. The van der Waals surface area contributed by atoms with Crippen molar-refractivity contribution >= 4 is 33.6 Å². The molecule has 0 unspecified atom stereocenters. The Kier molecular flexibility index (Phi) is 5.81. The first kappa shape index (κ1) is 20.0. The Morgan fingerprint density at radius 2 is 1.85 bits per heavy atom. The van der Waals surface area contributed by atoms with Crippen LogP contribution in [-0.2, 0) is 30.0 Å². The Morgan fingerprint density at radius 1 is 1.23 bits per heavy atom. The van der Waals surface area contributed by atoms with Gasteiger partial charge in [0.25, 0.3) is 0 Å². The molecule has 26 heavy (non-hydrogen) atoms. The lowest BCUT2D eigenvalue weighted by Crippen LogP contribution is -2.39. The number of phenols is 1. The van der Waals surface area contributed by atoms with E-state index >= 15 is 0 Å². The van der Waals surface area contributed by atoms with Crippen LogP contribution in [-0.4, -0.2) is 44.6 Å². The van der Waals surface area contributed by atoms with Gasteiger partial charge in [0.15, 0.2) is 5.75 Å². The van der Waals surface area contributed by atoms with E-state index in [1.54, 1.807) is 0 Å². The number of aromatic hydroxyl groups is 1. The van der Waals surface area contributed by atoms with E-state index in [1.165, 1.54) is 0 Å². The van der Waals surface area contributed by atoms with E-state index in [1.807, 2.05) is 0 Å². The second kappa shape index (κ2) is 7.54. The van der Waals surface area contributed by atoms with Crippen molar-refractivity contribution in [1.29, 1.82) is 0 Å². The van der Waals surface area contributed by atoms with Gasteiger partial charge in [0.05, 0.1) is 42.1 Å². The van der Waals surface area contributed by atoms with Crippen LogP contribution in [0.15, 0.2) is 27.9 Å². The van der Waals surface area contributed by atoms with Crippen LogP contribution < -0.4 is 4.90 Å². The number of benzene rings is 1. The first-order valence-corrected chi connectivity index (χ1v) is 7.75. The second-order valence-electron chi connectivity index (χ2n) is 5.04. The van der Waals surface area contributed by atoms with Crippen molar-refractivity contribution in [2.75, 3.05) is 32.5 Å². The van der Waals surface area contributed by atoms with Crippen LogP contribution >= 0.6 is 15.9 Å². The second-order valence-corrected chi connectivity index (χ2v) is 5.89. The Labute approximate surface area is 154 Å². The smallest absolute Gasteiger partial charge is 0.416 e. The van der Waals surface area contributed by atoms with Gasteiger partial charge in [-0.2, -0.15) is 13.2 Å². The fourth-order valence-electron chi connectivity index (χ4n) is 2.29. The van der Waals surface area contributed by atoms with Crippen molar-refractivity contribution in [3.8, 4) is 5.75 Å². The Hall–Kier alpha value is -2.27. The summed E-state index contributed by atoms with van der Waals surface area (Å²) in [6, 6.07) is 1.32. The molecule has 1 heterocycles. The van der Waals surface area contributed by atoms with Gasteiger partial charge < -0.3 is 24.2 Å². The van der Waals surface area contributed by atoms with Gasteiger partial charge in [-0.05, 0) is 28.1 Å². The molecule has 0 saturated carbocycles. The number of hydrogen-bond donors (Lipinski definition) is 1. The van der Waals surface area contributed by atoms with Crippen molar-refractivity contribution < 1.29 is 42.1 Å². The molecular formula is C15H13BrF3NO6. The number of nitrogens with zero attached hydrogens (tertiary/aromatic N) is 1. The molecule has 1 aromatic rings. The number of halogens is 4. The zero-order valence-electron chi connectivity index (χ0n) is 13.5. The van der Waals surface area contributed by atoms with Crippen LogP contribution in [0.4, 0.5) is 18.9 Å². The molecule has 0 bridgehead atoms. The highest BCUT2D eigenvalue weighted by molar-refractivity contribution is 9.10. The van der Waals surface area contributed by atoms with Crippen LogP contribution in [0.2, 0.25) is 0 Å². The highest BCUT2D eigenvalue weighted by Crippen LogP contribution is 2.43. The molecule has 1 aliphatic rings. The Bertz CT molecular complexity index is 777. The monoisotopic (exact) mass is 439 g/mol. The highest BCUT2D eigenvalue weighted by atomic mass is 79.9. The highest BCUT2D eigenvalue weighted by Gasteiger charge is 2.37. The molecule has 11 heteroatoms. The summed E-state index contributed by atoms with van der Waals surface area (Å²) in [5.41, 5.74) is -2.11. The number of methoxy groups -OCH3 is 2. The SMILES string of the molecule is COC(=O)C1=C(C(=O)OC)N(c2cc(C(F)(F)F)cc(Br)c2O)COC1. The number of rotatable bonds is 3. The van der Waals surface area contributed by atoms with Crippen LogP contribution in [0.1, 0.15) is 5.56 Å². The van der Waals surface area contributed by atoms with Gasteiger partial charge in [-0.3, -0.25) is 0 Å². The minimum absolute atomic E-state index is 0.251. The third-order valence-corrected chi connectivity index (χ3v) is 4.10. The topological polar surface area (TPSA) is 85.3 Å². The number of phenolic OH excluding ortho intramolecular Hbond substituents is 1. The van der Waals surface area contributed by atoms with Gasteiger partial charge in [0.2, 0.25) is 0 Å². The standard InChI is InChI=1S/C15H13BrF3NO6/c1-24-13(22)8-5-26-6-20(11(8)14(23)25-2)10-4-7(15(17,18)19)3-9(16)12(10)21/h3-4,21H,5-6H2,1-2H3. The number of ether oxygens (including phenoxy) is 3. The van der Waals surface area contributed by atoms with Crippen molar-refractivity contribution in [2.24, 2.45) is 0 Å². The van der Waals surface area contributed by atoms with Gasteiger partial charge in [-0.1, -0.05) is 0 Å². The van der Waals surface area contributed by atoms with Gasteiger partial charge in [-0.25, -0.2) is 9.59 Å². The lowest BCUT2D eigenvalue weighted by Gasteiger charge is -2.32. The van der Waals surface area contributed by atoms with Gasteiger partial charge in [-0.15, -0.1) is 0 Å². The van der Waals surface area contributed by atoms with Crippen molar-refractivity contribution in [3.63, 3.8) is 0 Å². The molecule has 0 radical (unpaired) electrons. The largest absolute Gasteiger partial charge is 0.505 e. The molecule has 0 atom stereocenters. The molecule has 0 amide bonds. The molecule has 2 rings (SSSR count). The molecule has 7 nitrogen and oxygen atoms in total. The Balaban J connectivity index is 2.71. The Morgan fingerprint density at radius 3 is 2.38 bits per heavy atom. The van der Waals surface area contributed by atoms with Gasteiger partial charge >= 0.3 is 18.1 Å². The number of esters is 2. The number of alkyl halides is 3. The maximum Gasteiger partial charge on any atom is 0.416 e. The summed E-state index contributed by atoms with van der Waals surface area (Å²) in [5, 5.41) is 10.2. The minimum Gasteiger partial charge on any atom is -0.505 e. The van der Waals surface area contributed by atoms with Crippen molar-refractivity contribution in [1.82, 2.24) is 0 Å². The minimum atomic E-state index is -4.71. The summed E-state index contributed by atoms with van der Waals surface area (Å²) >= 11 is 2.85. The van der Waals surface area contributed by atoms with Crippen LogP contribution in [0.5, 0.6) is 5.75 Å². The summed E-state index contributed by atoms with van der Waals surface area (Å²) in [5.74, 6) is -2.49. The van der Waals surface area contributed by atoms with E-state index in [0.717, 1.165) is 19.1 Å². The number of carbonyl (C=O) groups excluding carboxylic acids is 2. The van der Waals surface area contributed by atoms with Crippen LogP contribution in [0.25, 0.3) is 0 Å². The van der Waals surface area contributed by atoms with E-state index in [0.29, 0.717) is 12.1 Å². The van der Waals surface area contributed by atoms with Gasteiger partial charge in [0.1, 0.15) is 12.4 Å². The summed E-state index contributed by atoms with van der Waals surface area (Å²) in [6.45, 7) is -0.708. The molecule has 1 aliphatic heterocycles. The number of carbonyl (C=O) groups is 2. The predicted molar refractivity (Wildman–Crippen MR) is 85.2 cm³/mol. The molecule has 0 aromatic heterocycles. The van der Waals surface area contributed by atoms with E-state index < -0.39 is 41.8 Å². The molecule has 0 saturated heterocycles. The maximum absolute atomic E-state index is 13.1. The summed E-state index contributed by atoms with van der Waals surface area (Å²) in [6.07, 6.45) is -4.71. The number of anilines is 1. The normalized spacial score (nSPS) is 15.1. The molecule has 0 spiro atoms. The predicted octanol–water partition coefficient (Wildman–Crippen LogP) is 2.57. The van der Waals surface area contributed by atoms with E-state index in [-0.39, 0.29) is 22.3 Å². The quantitative estimate of drug-likeness (QED) is 0.724. The third-order valence-electron chi connectivity index (χ3n) is 3.49. The fourth-order valence-corrected chi connectivity index (χ4v) is 2.74. The number of hydrogen-bond acceptors (Lipinski definition) is 7. The lowest BCUT2D eigenvalue weighted by atomic mass is 10.1. The van der Waals surface area contributed by atoms with Crippen molar-refractivity contribution in [2.45, 2.75) is 6.18 Å². The zero-order valence-corrected chi connectivity index (χ0v) is 15.1. The van der Waals surface area contributed by atoms with Crippen LogP contribution in [0.3, 0.4) is 0 Å². The molecule has 142 valence electrons. The first-order valence-electron chi connectivity index (χ1n) is 6.96. The fraction of sp³-hybridized carbons (Fsp3) is 0.333. The van der Waals surface area contributed by atoms with E-state index in [4.69, 9.17) is 4.74 Å². The molecule has 1 aromatic carbocycles. The van der Waals surface area contributed by atoms with Gasteiger partial charge in [0, 0.05) is 0 Å². The lowest BCUT2D eigenvalue weighted by molar-refractivity contribution is -0.140. The summed E-state index contributed by atoms with van der Waals surface area (Å²) < 4.78 is 53.4. The summed E-state index contributed by atoms with van der Waals surface area (Å²) in [4.78, 5) is 25.0. The van der Waals surface area contributed by atoms with Crippen molar-refractivity contribution in [3.05, 3.63) is 33.4 Å². The zero-order chi connectivity index (χ0) is 19.6. The maximum atomic E-state index is 13.1. The van der Waals surface area contributed by atoms with E-state index in [9.17, 15) is 27.9 Å². The molecular weight excluding hydrogens is 427 g/mol. The molecule has 0 aliphatic carbocycles.